The molecule has 2 rings (SSSR count). The molecule has 0 aromatic heterocycles. The largest absolute Gasteiger partial charge is 0.381 e. The van der Waals surface area contributed by atoms with Crippen LogP contribution < -0.4 is 5.73 Å². The second-order valence-electron chi connectivity index (χ2n) is 6.52. The van der Waals surface area contributed by atoms with Gasteiger partial charge in [-0.1, -0.05) is 20.3 Å². The average Bonchev–Trinajstić information content (AvgIpc) is 2.53. The maximum atomic E-state index is 12.4. The Bertz CT molecular complexity index is 313. The number of nitrogens with zero attached hydrogens (tertiary/aromatic N) is 1. The molecule has 4 nitrogen and oxygen atoms in total. The number of carbonyl (C=O) groups excluding carboxylic acids is 1. The first-order valence-electron chi connectivity index (χ1n) is 8.25. The summed E-state index contributed by atoms with van der Waals surface area (Å²) in [5, 5.41) is 0. The molecule has 2 aliphatic rings. The number of halogens is 1. The molecule has 2 N–H and O–H groups in total. The van der Waals surface area contributed by atoms with Crippen molar-refractivity contribution in [1.82, 2.24) is 4.90 Å². The first-order chi connectivity index (χ1) is 9.63. The third-order valence-corrected chi connectivity index (χ3v) is 5.33. The molecule has 2 aliphatic heterocycles. The van der Waals surface area contributed by atoms with Crippen molar-refractivity contribution < 1.29 is 9.53 Å². The van der Waals surface area contributed by atoms with Crippen molar-refractivity contribution in [2.24, 2.45) is 23.5 Å². The second kappa shape index (κ2) is 8.96. The van der Waals surface area contributed by atoms with E-state index in [1.807, 2.05) is 4.90 Å². The molecule has 2 heterocycles. The number of piperidine rings is 1. The van der Waals surface area contributed by atoms with Crippen molar-refractivity contribution in [3.8, 4) is 0 Å². The summed E-state index contributed by atoms with van der Waals surface area (Å²) in [5.41, 5.74) is 6.07. The van der Waals surface area contributed by atoms with E-state index in [1.54, 1.807) is 0 Å². The Morgan fingerprint density at radius 2 is 1.71 bits per heavy atom. The van der Waals surface area contributed by atoms with Gasteiger partial charge in [0, 0.05) is 26.3 Å². The molecule has 0 aromatic carbocycles. The van der Waals surface area contributed by atoms with Gasteiger partial charge >= 0.3 is 0 Å². The number of amides is 1. The number of nitrogens with two attached hydrogens (primary N) is 1. The molecule has 0 aromatic rings. The number of ether oxygens (including phenoxy) is 1. The smallest absolute Gasteiger partial charge is 0.239 e. The van der Waals surface area contributed by atoms with Crippen LogP contribution in [0.4, 0.5) is 0 Å². The van der Waals surface area contributed by atoms with Crippen molar-refractivity contribution in [3.05, 3.63) is 0 Å². The number of carbonyl (C=O) groups is 1. The van der Waals surface area contributed by atoms with Gasteiger partial charge in [-0.25, -0.2) is 0 Å². The minimum atomic E-state index is -0.320. The Morgan fingerprint density at radius 1 is 1.19 bits per heavy atom. The summed E-state index contributed by atoms with van der Waals surface area (Å²) in [5.74, 6) is 2.02. The highest BCUT2D eigenvalue weighted by Crippen LogP contribution is 2.32. The van der Waals surface area contributed by atoms with E-state index in [1.165, 1.54) is 12.8 Å². The van der Waals surface area contributed by atoms with Crippen molar-refractivity contribution in [2.75, 3.05) is 26.3 Å². The molecule has 0 saturated carbocycles. The van der Waals surface area contributed by atoms with E-state index in [9.17, 15) is 4.79 Å². The maximum absolute atomic E-state index is 12.4. The van der Waals surface area contributed by atoms with Crippen LogP contribution in [0.1, 0.15) is 46.0 Å². The van der Waals surface area contributed by atoms with Gasteiger partial charge in [0.15, 0.2) is 0 Å². The van der Waals surface area contributed by atoms with Crippen LogP contribution in [0.15, 0.2) is 0 Å². The summed E-state index contributed by atoms with van der Waals surface area (Å²) < 4.78 is 5.44. The predicted octanol–water partition coefficient (Wildman–Crippen LogP) is 2.45. The summed E-state index contributed by atoms with van der Waals surface area (Å²) in [7, 11) is 0. The lowest BCUT2D eigenvalue weighted by Gasteiger charge is -2.38. The summed E-state index contributed by atoms with van der Waals surface area (Å²) in [6, 6.07) is -0.320. The zero-order valence-electron chi connectivity index (χ0n) is 13.4. The van der Waals surface area contributed by atoms with Crippen LogP contribution in [0.2, 0.25) is 0 Å². The van der Waals surface area contributed by atoms with Crippen molar-refractivity contribution in [3.63, 3.8) is 0 Å². The molecule has 2 atom stereocenters. The van der Waals surface area contributed by atoms with E-state index >= 15 is 0 Å². The number of rotatable bonds is 4. The summed E-state index contributed by atoms with van der Waals surface area (Å²) in [4.78, 5) is 14.4. The van der Waals surface area contributed by atoms with Crippen LogP contribution in [0.25, 0.3) is 0 Å². The molecule has 0 aliphatic carbocycles. The van der Waals surface area contributed by atoms with E-state index in [4.69, 9.17) is 10.5 Å². The average molecular weight is 319 g/mol. The molecule has 5 heteroatoms. The van der Waals surface area contributed by atoms with Gasteiger partial charge in [0.25, 0.3) is 0 Å². The molecule has 2 saturated heterocycles. The molecular formula is C16H31ClN2O2. The SMILES string of the molecule is CC[C@H](C)[C@H](N)C(=O)N1CCC(C2CCOCC2)CC1.Cl. The minimum absolute atomic E-state index is 0. The molecule has 0 spiro atoms. The summed E-state index contributed by atoms with van der Waals surface area (Å²) in [6.07, 6.45) is 5.65. The van der Waals surface area contributed by atoms with E-state index in [0.717, 1.165) is 57.4 Å². The second-order valence-corrected chi connectivity index (χ2v) is 6.52. The topological polar surface area (TPSA) is 55.6 Å². The lowest BCUT2D eigenvalue weighted by atomic mass is 9.80. The first kappa shape index (κ1) is 18.7. The normalized spacial score (nSPS) is 24.2. The molecule has 1 amide bonds. The lowest BCUT2D eigenvalue weighted by molar-refractivity contribution is -0.135. The van der Waals surface area contributed by atoms with Gasteiger partial charge in [-0.3, -0.25) is 4.79 Å². The molecule has 21 heavy (non-hydrogen) atoms. The molecular weight excluding hydrogens is 288 g/mol. The Balaban J connectivity index is 0.00000220. The van der Waals surface area contributed by atoms with Gasteiger partial charge in [0.05, 0.1) is 6.04 Å². The van der Waals surface area contributed by atoms with Crippen LogP contribution in [0, 0.1) is 17.8 Å². The zero-order chi connectivity index (χ0) is 14.5. The highest BCUT2D eigenvalue weighted by molar-refractivity contribution is 5.85. The standard InChI is InChI=1S/C16H30N2O2.ClH/c1-3-12(2)15(17)16(19)18-8-4-13(5-9-18)14-6-10-20-11-7-14;/h12-15H,3-11,17H2,1-2H3;1H/t12-,15-;/m0./s1. The van der Waals surface area contributed by atoms with Gasteiger partial charge < -0.3 is 15.4 Å². The van der Waals surface area contributed by atoms with Gasteiger partial charge in [-0.15, -0.1) is 12.4 Å². The lowest BCUT2D eigenvalue weighted by Crippen LogP contribution is -2.50. The highest BCUT2D eigenvalue weighted by Gasteiger charge is 2.32. The van der Waals surface area contributed by atoms with Gasteiger partial charge in [0.2, 0.25) is 5.91 Å². The van der Waals surface area contributed by atoms with Crippen LogP contribution in [-0.4, -0.2) is 43.2 Å². The third kappa shape index (κ3) is 4.83. The van der Waals surface area contributed by atoms with E-state index in [-0.39, 0.29) is 30.3 Å². The third-order valence-electron chi connectivity index (χ3n) is 5.33. The van der Waals surface area contributed by atoms with E-state index in [0.29, 0.717) is 0 Å². The fourth-order valence-corrected chi connectivity index (χ4v) is 3.49. The van der Waals surface area contributed by atoms with E-state index in [2.05, 4.69) is 13.8 Å². The minimum Gasteiger partial charge on any atom is -0.381 e. The Kier molecular flexibility index (Phi) is 7.99. The Hall–Kier alpha value is -0.320. The van der Waals surface area contributed by atoms with Crippen LogP contribution in [-0.2, 0) is 9.53 Å². The van der Waals surface area contributed by atoms with Gasteiger partial charge in [-0.05, 0) is 43.4 Å². The van der Waals surface area contributed by atoms with Crippen molar-refractivity contribution in [1.29, 1.82) is 0 Å². The first-order valence-corrected chi connectivity index (χ1v) is 8.25. The molecule has 0 bridgehead atoms. The Labute approximate surface area is 135 Å². The monoisotopic (exact) mass is 318 g/mol. The van der Waals surface area contributed by atoms with Crippen molar-refractivity contribution in [2.45, 2.75) is 52.0 Å². The van der Waals surface area contributed by atoms with E-state index < -0.39 is 0 Å². The fraction of sp³-hybridized carbons (Fsp3) is 0.938. The molecule has 2 fully saturated rings. The zero-order valence-corrected chi connectivity index (χ0v) is 14.2. The van der Waals surface area contributed by atoms with Crippen LogP contribution in [0.3, 0.4) is 0 Å². The summed E-state index contributed by atoms with van der Waals surface area (Å²) >= 11 is 0. The maximum Gasteiger partial charge on any atom is 0.239 e. The van der Waals surface area contributed by atoms with Gasteiger partial charge in [0.1, 0.15) is 0 Å². The Morgan fingerprint density at radius 3 is 2.24 bits per heavy atom. The fourth-order valence-electron chi connectivity index (χ4n) is 3.49. The predicted molar refractivity (Wildman–Crippen MR) is 87.5 cm³/mol. The molecule has 124 valence electrons. The van der Waals surface area contributed by atoms with Crippen LogP contribution >= 0.6 is 12.4 Å². The summed E-state index contributed by atoms with van der Waals surface area (Å²) in [6.45, 7) is 7.79. The quantitative estimate of drug-likeness (QED) is 0.866. The molecule has 0 radical (unpaired) electrons. The van der Waals surface area contributed by atoms with Gasteiger partial charge in [-0.2, -0.15) is 0 Å². The van der Waals surface area contributed by atoms with Crippen LogP contribution in [0.5, 0.6) is 0 Å². The number of likely N-dealkylation sites (tertiary alicyclic amines) is 1. The number of hydrogen-bond donors (Lipinski definition) is 1. The number of hydrogen-bond acceptors (Lipinski definition) is 3. The molecule has 0 unspecified atom stereocenters. The van der Waals surface area contributed by atoms with Crippen molar-refractivity contribution >= 4 is 18.3 Å². The highest BCUT2D eigenvalue weighted by atomic mass is 35.5.